The molecule has 0 fully saturated rings. The number of rotatable bonds is 7. The number of aromatic nitrogens is 1. The van der Waals surface area contributed by atoms with Crippen LogP contribution in [0.5, 0.6) is 0 Å². The lowest BCUT2D eigenvalue weighted by Crippen LogP contribution is -2.03. The normalized spacial score (nSPS) is 11.9. The Balaban J connectivity index is 2.26. The molecule has 0 aliphatic carbocycles. The summed E-state index contributed by atoms with van der Waals surface area (Å²) in [5.74, 6) is -1.32. The summed E-state index contributed by atoms with van der Waals surface area (Å²) in [6.45, 7) is 2.10. The van der Waals surface area contributed by atoms with Gasteiger partial charge in [-0.15, -0.1) is 0 Å². The van der Waals surface area contributed by atoms with Crippen LogP contribution in [-0.4, -0.2) is 29.2 Å². The molecule has 4 N–H and O–H groups in total. The van der Waals surface area contributed by atoms with Gasteiger partial charge in [-0.05, 0) is 67.9 Å². The van der Waals surface area contributed by atoms with Gasteiger partial charge in [0.25, 0.3) is 0 Å². The second-order valence-electron chi connectivity index (χ2n) is 6.30. The van der Waals surface area contributed by atoms with Gasteiger partial charge in [-0.2, -0.15) is 0 Å². The number of benzene rings is 2. The van der Waals surface area contributed by atoms with Crippen molar-refractivity contribution < 1.29 is 14.3 Å². The van der Waals surface area contributed by atoms with Crippen LogP contribution in [0.1, 0.15) is 16.1 Å². The number of hydrogen-bond donors (Lipinski definition) is 3. The number of carboxylic acids is 1. The molecule has 7 heteroatoms. The van der Waals surface area contributed by atoms with Crippen molar-refractivity contribution in [3.63, 3.8) is 0 Å². The van der Waals surface area contributed by atoms with Crippen molar-refractivity contribution in [1.82, 2.24) is 9.29 Å². The van der Waals surface area contributed by atoms with Crippen LogP contribution in [0.3, 0.4) is 0 Å². The van der Waals surface area contributed by atoms with Gasteiger partial charge in [0.15, 0.2) is 0 Å². The van der Waals surface area contributed by atoms with Gasteiger partial charge in [0.05, 0.1) is 12.1 Å². The van der Waals surface area contributed by atoms with Gasteiger partial charge in [-0.3, -0.25) is 4.72 Å². The zero-order valence-electron chi connectivity index (χ0n) is 15.7. The minimum absolute atomic E-state index is 0.0525. The number of carboxylic acid groups (broad SMARTS) is 1. The fourth-order valence-corrected chi connectivity index (χ4v) is 3.93. The van der Waals surface area contributed by atoms with Crippen LogP contribution >= 0.6 is 11.9 Å². The molecule has 0 unspecified atom stereocenters. The van der Waals surface area contributed by atoms with Crippen LogP contribution in [0.4, 0.5) is 4.39 Å². The summed E-state index contributed by atoms with van der Waals surface area (Å²) >= 11 is 1.49. The van der Waals surface area contributed by atoms with E-state index in [0.717, 1.165) is 32.6 Å². The molecule has 3 aromatic rings. The molecule has 0 aliphatic rings. The molecule has 0 saturated heterocycles. The van der Waals surface area contributed by atoms with Gasteiger partial charge in [-0.1, -0.05) is 12.1 Å². The lowest BCUT2D eigenvalue weighted by atomic mass is 10.0. The molecular formula is C21H22FN3O2S. The quantitative estimate of drug-likeness (QED) is 0.515. The van der Waals surface area contributed by atoms with E-state index in [4.69, 9.17) is 5.73 Å². The van der Waals surface area contributed by atoms with Crippen molar-refractivity contribution >= 4 is 28.8 Å². The molecule has 0 amide bonds. The Morgan fingerprint density at radius 2 is 2.11 bits per heavy atom. The van der Waals surface area contributed by atoms with Crippen LogP contribution in [-0.2, 0) is 6.54 Å². The Kier molecular flexibility index (Phi) is 6.18. The fraction of sp³-hybridized carbons (Fsp3) is 0.190. The molecule has 1 aromatic heterocycles. The molecule has 0 spiro atoms. The third-order valence-electron chi connectivity index (χ3n) is 4.56. The lowest BCUT2D eigenvalue weighted by Gasteiger charge is -2.08. The summed E-state index contributed by atoms with van der Waals surface area (Å²) in [5, 5.41) is 10.2. The van der Waals surface area contributed by atoms with E-state index in [1.54, 1.807) is 18.2 Å². The Morgan fingerprint density at radius 1 is 1.32 bits per heavy atom. The number of nitrogens with zero attached hydrogens (tertiary/aromatic N) is 1. The van der Waals surface area contributed by atoms with Crippen LogP contribution < -0.4 is 10.5 Å². The van der Waals surface area contributed by atoms with Crippen LogP contribution in [0.15, 0.2) is 59.3 Å². The molecule has 0 aliphatic heterocycles. The summed E-state index contributed by atoms with van der Waals surface area (Å²) in [5.41, 5.74) is 9.13. The number of halogens is 1. The standard InChI is InChI=1S/C21H22FN3O2S/c1-13-20(14-4-3-5-17(10-14)28-24-2)18-11-15(21(26)27)6-7-19(18)25(13)12-16(22)8-9-23/h3-8,10-11,24H,9,12,23H2,1-2H3,(H,26,27)/b16-8-. The summed E-state index contributed by atoms with van der Waals surface area (Å²) < 4.78 is 19.1. The minimum atomic E-state index is -0.994. The van der Waals surface area contributed by atoms with E-state index in [1.807, 2.05) is 42.8 Å². The van der Waals surface area contributed by atoms with Gasteiger partial charge in [0, 0.05) is 33.6 Å². The van der Waals surface area contributed by atoms with E-state index in [0.29, 0.717) is 0 Å². The van der Waals surface area contributed by atoms with Crippen molar-refractivity contribution in [3.05, 3.63) is 65.6 Å². The average Bonchev–Trinajstić information content (AvgIpc) is 2.93. The van der Waals surface area contributed by atoms with Gasteiger partial charge in [0.2, 0.25) is 0 Å². The fourth-order valence-electron chi connectivity index (χ4n) is 3.36. The molecule has 0 bridgehead atoms. The molecule has 5 nitrogen and oxygen atoms in total. The third-order valence-corrected chi connectivity index (χ3v) is 5.26. The lowest BCUT2D eigenvalue weighted by molar-refractivity contribution is 0.0697. The van der Waals surface area contributed by atoms with Crippen molar-refractivity contribution in [2.75, 3.05) is 13.6 Å². The molecule has 2 aromatic carbocycles. The van der Waals surface area contributed by atoms with Crippen LogP contribution in [0, 0.1) is 6.92 Å². The number of nitrogens with one attached hydrogen (secondary N) is 1. The van der Waals surface area contributed by atoms with Crippen LogP contribution in [0.2, 0.25) is 0 Å². The van der Waals surface area contributed by atoms with Gasteiger partial charge in [-0.25, -0.2) is 9.18 Å². The Hall–Kier alpha value is -2.61. The molecule has 1 heterocycles. The second kappa shape index (κ2) is 8.60. The van der Waals surface area contributed by atoms with Gasteiger partial charge >= 0.3 is 5.97 Å². The summed E-state index contributed by atoms with van der Waals surface area (Å²) in [6, 6.07) is 12.9. The third kappa shape index (κ3) is 3.96. The maximum atomic E-state index is 14.2. The number of nitrogens with two attached hydrogens (primary N) is 1. The first-order valence-electron chi connectivity index (χ1n) is 8.81. The highest BCUT2D eigenvalue weighted by Crippen LogP contribution is 2.37. The number of aromatic carboxylic acids is 1. The smallest absolute Gasteiger partial charge is 0.335 e. The molecule has 0 radical (unpaired) electrons. The van der Waals surface area contributed by atoms with E-state index in [2.05, 4.69) is 4.72 Å². The first kappa shape index (κ1) is 20.1. The first-order valence-corrected chi connectivity index (χ1v) is 9.62. The predicted octanol–water partition coefficient (Wildman–Crippen LogP) is 4.35. The van der Waals surface area contributed by atoms with Crippen molar-refractivity contribution in [3.8, 4) is 11.1 Å². The summed E-state index contributed by atoms with van der Waals surface area (Å²) in [6.07, 6.45) is 1.35. The maximum absolute atomic E-state index is 14.2. The van der Waals surface area contributed by atoms with Gasteiger partial charge < -0.3 is 15.4 Å². The zero-order chi connectivity index (χ0) is 20.3. The van der Waals surface area contributed by atoms with E-state index >= 15 is 0 Å². The zero-order valence-corrected chi connectivity index (χ0v) is 16.5. The Morgan fingerprint density at radius 3 is 2.79 bits per heavy atom. The SMILES string of the molecule is CNSc1cccc(-c2c(C)n(C/C(F)=C/CN)c3ccc(C(=O)O)cc23)c1. The number of hydrogen-bond acceptors (Lipinski definition) is 4. The minimum Gasteiger partial charge on any atom is -0.478 e. The number of allylic oxidation sites excluding steroid dienone is 1. The molecule has 28 heavy (non-hydrogen) atoms. The van der Waals surface area contributed by atoms with Crippen molar-refractivity contribution in [2.45, 2.75) is 18.4 Å². The first-order chi connectivity index (χ1) is 13.5. The highest BCUT2D eigenvalue weighted by atomic mass is 32.2. The second-order valence-corrected chi connectivity index (χ2v) is 7.39. The van der Waals surface area contributed by atoms with E-state index in [-0.39, 0.29) is 24.5 Å². The number of fused-ring (bicyclic) bond motifs is 1. The highest BCUT2D eigenvalue weighted by molar-refractivity contribution is 7.97. The molecule has 3 rings (SSSR count). The average molecular weight is 399 g/mol. The topological polar surface area (TPSA) is 80.3 Å². The monoisotopic (exact) mass is 399 g/mol. The maximum Gasteiger partial charge on any atom is 0.335 e. The number of carbonyl (C=O) groups is 1. The molecule has 146 valence electrons. The van der Waals surface area contributed by atoms with Crippen molar-refractivity contribution in [2.24, 2.45) is 5.73 Å². The molecule has 0 atom stereocenters. The van der Waals surface area contributed by atoms with Crippen molar-refractivity contribution in [1.29, 1.82) is 0 Å². The Labute approximate surface area is 167 Å². The van der Waals surface area contributed by atoms with E-state index in [1.165, 1.54) is 18.0 Å². The summed E-state index contributed by atoms with van der Waals surface area (Å²) in [4.78, 5) is 12.5. The largest absolute Gasteiger partial charge is 0.478 e. The summed E-state index contributed by atoms with van der Waals surface area (Å²) in [7, 11) is 1.85. The van der Waals surface area contributed by atoms with Gasteiger partial charge in [0.1, 0.15) is 5.83 Å². The van der Waals surface area contributed by atoms with E-state index in [9.17, 15) is 14.3 Å². The van der Waals surface area contributed by atoms with E-state index < -0.39 is 5.97 Å². The molecular weight excluding hydrogens is 377 g/mol. The highest BCUT2D eigenvalue weighted by Gasteiger charge is 2.18. The Bertz CT molecular complexity index is 1060. The van der Waals surface area contributed by atoms with Crippen LogP contribution in [0.25, 0.3) is 22.0 Å². The molecule has 0 saturated carbocycles. The predicted molar refractivity (Wildman–Crippen MR) is 112 cm³/mol.